The maximum atomic E-state index is 12.5. The predicted octanol–water partition coefficient (Wildman–Crippen LogP) is 4.20. The van der Waals surface area contributed by atoms with Crippen molar-refractivity contribution in [2.45, 2.75) is 12.1 Å². The third-order valence-corrected chi connectivity index (χ3v) is 5.48. The number of nitrogens with zero attached hydrogens (tertiary/aromatic N) is 4. The average Bonchev–Trinajstić information content (AvgIpc) is 3.49. The van der Waals surface area contributed by atoms with Gasteiger partial charge in [0.2, 0.25) is 11.1 Å². The van der Waals surface area contributed by atoms with E-state index >= 15 is 0 Å². The monoisotopic (exact) mass is 449 g/mol. The van der Waals surface area contributed by atoms with Gasteiger partial charge in [-0.05, 0) is 67.6 Å². The fourth-order valence-corrected chi connectivity index (χ4v) is 3.80. The number of hydrogen-bond donors (Lipinski definition) is 1. The lowest BCUT2D eigenvalue weighted by Gasteiger charge is -2.12. The van der Waals surface area contributed by atoms with Crippen LogP contribution in [0.4, 0.5) is 5.69 Å². The minimum Gasteiger partial charge on any atom is -0.497 e. The van der Waals surface area contributed by atoms with E-state index in [4.69, 9.17) is 9.47 Å². The number of methoxy groups -OCH3 is 1. The van der Waals surface area contributed by atoms with Crippen molar-refractivity contribution >= 4 is 23.4 Å². The zero-order valence-corrected chi connectivity index (χ0v) is 18.6. The van der Waals surface area contributed by atoms with Crippen LogP contribution in [0.25, 0.3) is 11.4 Å². The number of amides is 1. The van der Waals surface area contributed by atoms with Crippen molar-refractivity contribution < 1.29 is 14.3 Å². The van der Waals surface area contributed by atoms with Gasteiger partial charge in [0.05, 0.1) is 19.5 Å². The maximum absolute atomic E-state index is 12.5. The third kappa shape index (κ3) is 4.94. The van der Waals surface area contributed by atoms with Crippen LogP contribution in [0, 0.1) is 0 Å². The first kappa shape index (κ1) is 21.5. The second-order valence-corrected chi connectivity index (χ2v) is 7.65. The lowest BCUT2D eigenvalue weighted by atomic mass is 10.2. The Bertz CT molecular complexity index is 1160. The van der Waals surface area contributed by atoms with E-state index in [1.165, 1.54) is 11.8 Å². The number of nitrogens with one attached hydrogen (secondary N) is 1. The fraction of sp³-hybridized carbons (Fsp3) is 0.174. The molecular formula is C23H23N5O3S. The summed E-state index contributed by atoms with van der Waals surface area (Å²) in [6.45, 7) is 2.53. The van der Waals surface area contributed by atoms with Crippen LogP contribution in [-0.2, 0) is 4.79 Å². The second-order valence-electron chi connectivity index (χ2n) is 6.70. The molecule has 0 saturated heterocycles. The summed E-state index contributed by atoms with van der Waals surface area (Å²) < 4.78 is 14.4. The zero-order chi connectivity index (χ0) is 22.3. The molecule has 0 radical (unpaired) electrons. The van der Waals surface area contributed by atoms with Crippen molar-refractivity contribution in [3.8, 4) is 22.9 Å². The second kappa shape index (κ2) is 10.1. The Hall–Kier alpha value is -3.72. The van der Waals surface area contributed by atoms with Crippen LogP contribution >= 0.6 is 11.8 Å². The number of rotatable bonds is 9. The van der Waals surface area contributed by atoms with Crippen molar-refractivity contribution in [3.63, 3.8) is 0 Å². The van der Waals surface area contributed by atoms with Crippen molar-refractivity contribution in [3.05, 3.63) is 73.1 Å². The van der Waals surface area contributed by atoms with Crippen LogP contribution in [-0.4, -0.2) is 44.9 Å². The van der Waals surface area contributed by atoms with E-state index in [2.05, 4.69) is 15.5 Å². The highest BCUT2D eigenvalue weighted by atomic mass is 32.2. The lowest BCUT2D eigenvalue weighted by Crippen LogP contribution is -2.15. The number of ether oxygens (including phenoxy) is 2. The lowest BCUT2D eigenvalue weighted by molar-refractivity contribution is -0.113. The van der Waals surface area contributed by atoms with Crippen LogP contribution in [0.3, 0.4) is 0 Å². The Kier molecular flexibility index (Phi) is 6.76. The quantitative estimate of drug-likeness (QED) is 0.386. The summed E-state index contributed by atoms with van der Waals surface area (Å²) in [4.78, 5) is 12.5. The van der Waals surface area contributed by atoms with E-state index in [1.807, 2.05) is 89.3 Å². The molecule has 4 aromatic rings. The van der Waals surface area contributed by atoms with Crippen LogP contribution in [0.2, 0.25) is 0 Å². The molecule has 0 aliphatic carbocycles. The Balaban J connectivity index is 1.49. The summed E-state index contributed by atoms with van der Waals surface area (Å²) in [6.07, 6.45) is 3.81. The van der Waals surface area contributed by atoms with E-state index in [0.29, 0.717) is 23.3 Å². The van der Waals surface area contributed by atoms with Crippen molar-refractivity contribution in [1.82, 2.24) is 19.5 Å². The van der Waals surface area contributed by atoms with Gasteiger partial charge >= 0.3 is 0 Å². The molecule has 0 fully saturated rings. The van der Waals surface area contributed by atoms with E-state index < -0.39 is 0 Å². The number of aromatic nitrogens is 4. The summed E-state index contributed by atoms with van der Waals surface area (Å²) in [5.74, 6) is 2.26. The van der Waals surface area contributed by atoms with E-state index in [0.717, 1.165) is 17.1 Å². The Morgan fingerprint density at radius 2 is 1.69 bits per heavy atom. The van der Waals surface area contributed by atoms with Gasteiger partial charge < -0.3 is 14.8 Å². The van der Waals surface area contributed by atoms with Crippen molar-refractivity contribution in [1.29, 1.82) is 0 Å². The molecule has 32 heavy (non-hydrogen) atoms. The van der Waals surface area contributed by atoms with Crippen LogP contribution in [0.1, 0.15) is 6.92 Å². The van der Waals surface area contributed by atoms with E-state index in [1.54, 1.807) is 7.11 Å². The standard InChI is InChI=1S/C23H23N5O3S/c1-3-31-20-12-8-18(9-13-20)24-21(29)16-32-23-26-25-22(28(23)27-14-4-5-15-27)17-6-10-19(30-2)11-7-17/h4-15H,3,16H2,1-2H3,(H,24,29). The molecule has 0 aliphatic heterocycles. The van der Waals surface area contributed by atoms with Gasteiger partial charge in [-0.2, -0.15) is 0 Å². The molecule has 9 heteroatoms. The maximum Gasteiger partial charge on any atom is 0.234 e. The Labute approximate surface area is 190 Å². The number of benzene rings is 2. The molecule has 2 aromatic heterocycles. The molecule has 1 amide bonds. The molecule has 0 bridgehead atoms. The molecule has 0 atom stereocenters. The molecule has 0 spiro atoms. The van der Waals surface area contributed by atoms with E-state index in [-0.39, 0.29) is 11.7 Å². The molecule has 2 aromatic carbocycles. The van der Waals surface area contributed by atoms with Crippen molar-refractivity contribution in [2.75, 3.05) is 24.8 Å². The van der Waals surface area contributed by atoms with Gasteiger partial charge in [0, 0.05) is 23.6 Å². The molecule has 0 aliphatic rings. The highest BCUT2D eigenvalue weighted by Crippen LogP contribution is 2.26. The molecular weight excluding hydrogens is 426 g/mol. The summed E-state index contributed by atoms with van der Waals surface area (Å²) in [5, 5.41) is 12.2. The van der Waals surface area contributed by atoms with Crippen molar-refractivity contribution in [2.24, 2.45) is 0 Å². The molecule has 8 nitrogen and oxygen atoms in total. The molecule has 1 N–H and O–H groups in total. The topological polar surface area (TPSA) is 83.2 Å². The fourth-order valence-electron chi connectivity index (χ4n) is 3.07. The van der Waals surface area contributed by atoms with Gasteiger partial charge in [0.25, 0.3) is 0 Å². The molecule has 0 saturated carbocycles. The van der Waals surface area contributed by atoms with Gasteiger partial charge in [-0.25, -0.2) is 4.68 Å². The summed E-state index contributed by atoms with van der Waals surface area (Å²) in [7, 11) is 1.63. The summed E-state index contributed by atoms with van der Waals surface area (Å²) in [6, 6.07) is 18.7. The van der Waals surface area contributed by atoms with Crippen LogP contribution in [0.5, 0.6) is 11.5 Å². The SMILES string of the molecule is CCOc1ccc(NC(=O)CSc2nnc(-c3ccc(OC)cc3)n2-n2cccc2)cc1. The molecule has 4 rings (SSSR count). The number of carbonyl (C=O) groups is 1. The smallest absolute Gasteiger partial charge is 0.234 e. The first-order valence-corrected chi connectivity index (χ1v) is 11.1. The van der Waals surface area contributed by atoms with Gasteiger partial charge in [0.15, 0.2) is 5.82 Å². The Morgan fingerprint density at radius 1 is 1.00 bits per heavy atom. The third-order valence-electron chi connectivity index (χ3n) is 4.56. The number of hydrogen-bond acceptors (Lipinski definition) is 6. The normalized spacial score (nSPS) is 10.7. The first-order chi connectivity index (χ1) is 15.7. The average molecular weight is 450 g/mol. The van der Waals surface area contributed by atoms with Gasteiger partial charge in [-0.15, -0.1) is 10.2 Å². The molecule has 0 unspecified atom stereocenters. The zero-order valence-electron chi connectivity index (χ0n) is 17.8. The minimum atomic E-state index is -0.132. The minimum absolute atomic E-state index is 0.132. The largest absolute Gasteiger partial charge is 0.497 e. The van der Waals surface area contributed by atoms with Crippen LogP contribution < -0.4 is 14.8 Å². The predicted molar refractivity (Wildman–Crippen MR) is 124 cm³/mol. The highest BCUT2D eigenvalue weighted by Gasteiger charge is 2.17. The number of thioether (sulfide) groups is 1. The number of carbonyl (C=O) groups excluding carboxylic acids is 1. The van der Waals surface area contributed by atoms with Gasteiger partial charge in [-0.3, -0.25) is 9.47 Å². The summed E-state index contributed by atoms with van der Waals surface area (Å²) >= 11 is 1.31. The van der Waals surface area contributed by atoms with E-state index in [9.17, 15) is 4.79 Å². The summed E-state index contributed by atoms with van der Waals surface area (Å²) in [5.41, 5.74) is 1.60. The van der Waals surface area contributed by atoms with Gasteiger partial charge in [0.1, 0.15) is 11.5 Å². The Morgan fingerprint density at radius 3 is 2.34 bits per heavy atom. The molecule has 164 valence electrons. The first-order valence-electron chi connectivity index (χ1n) is 10.1. The van der Waals surface area contributed by atoms with Crippen LogP contribution in [0.15, 0.2) is 78.2 Å². The number of anilines is 1. The highest BCUT2D eigenvalue weighted by molar-refractivity contribution is 7.99. The van der Waals surface area contributed by atoms with Gasteiger partial charge in [-0.1, -0.05) is 11.8 Å². The molecule has 2 heterocycles.